The molecule has 0 aromatic rings. The van der Waals surface area contributed by atoms with E-state index in [9.17, 15) is 9.59 Å². The molecule has 0 unspecified atom stereocenters. The third kappa shape index (κ3) is 2.05. The number of carboxylic acid groups (broad SMARTS) is 1. The van der Waals surface area contributed by atoms with Gasteiger partial charge in [-0.1, -0.05) is 13.8 Å². The number of carbonyl (C=O) groups excluding carboxylic acids is 1. The van der Waals surface area contributed by atoms with Crippen molar-refractivity contribution in [3.05, 3.63) is 0 Å². The largest absolute Gasteiger partial charge is 0.481 e. The molecule has 14 heavy (non-hydrogen) atoms. The van der Waals surface area contributed by atoms with Crippen molar-refractivity contribution in [2.75, 3.05) is 6.54 Å². The van der Waals surface area contributed by atoms with E-state index in [1.165, 1.54) is 0 Å². The van der Waals surface area contributed by atoms with Gasteiger partial charge in [-0.25, -0.2) is 0 Å². The van der Waals surface area contributed by atoms with Crippen molar-refractivity contribution in [1.82, 2.24) is 4.90 Å². The molecule has 1 heterocycles. The van der Waals surface area contributed by atoms with Crippen LogP contribution in [-0.4, -0.2) is 34.5 Å². The molecule has 0 spiro atoms. The first-order chi connectivity index (χ1) is 6.60. The Labute approximate surface area is 83.9 Å². The fourth-order valence-corrected chi connectivity index (χ4v) is 1.98. The Morgan fingerprint density at radius 3 is 2.50 bits per heavy atom. The molecule has 0 aliphatic carbocycles. The second-order valence-corrected chi connectivity index (χ2v) is 3.76. The number of likely N-dealkylation sites (tertiary alicyclic amines) is 1. The van der Waals surface area contributed by atoms with Crippen LogP contribution in [0.2, 0.25) is 0 Å². The maximum absolute atomic E-state index is 11.5. The Bertz CT molecular complexity index is 236. The first-order valence-electron chi connectivity index (χ1n) is 5.12. The minimum Gasteiger partial charge on any atom is -0.481 e. The average Bonchev–Trinajstić information content (AvgIpc) is 2.51. The summed E-state index contributed by atoms with van der Waals surface area (Å²) >= 11 is 0. The minimum absolute atomic E-state index is 0.00824. The van der Waals surface area contributed by atoms with Gasteiger partial charge in [-0.3, -0.25) is 9.59 Å². The Morgan fingerprint density at radius 2 is 2.14 bits per heavy atom. The summed E-state index contributed by atoms with van der Waals surface area (Å²) < 4.78 is 0. The lowest BCUT2D eigenvalue weighted by Gasteiger charge is -2.25. The van der Waals surface area contributed by atoms with Crippen LogP contribution < -0.4 is 0 Å². The summed E-state index contributed by atoms with van der Waals surface area (Å²) in [6, 6.07) is 0.215. The van der Waals surface area contributed by atoms with Gasteiger partial charge >= 0.3 is 5.97 Å². The molecule has 0 aromatic carbocycles. The molecule has 1 aliphatic heterocycles. The highest BCUT2D eigenvalue weighted by molar-refractivity contribution is 5.86. The van der Waals surface area contributed by atoms with Crippen molar-refractivity contribution in [1.29, 1.82) is 0 Å². The Hall–Kier alpha value is -1.06. The smallest absolute Gasteiger partial charge is 0.308 e. The lowest BCUT2D eigenvalue weighted by atomic mass is 10.1. The van der Waals surface area contributed by atoms with Gasteiger partial charge in [0.2, 0.25) is 5.91 Å². The standard InChI is InChI=1S/C10H17NO3/c1-3-8(4-2)11-6-7(10(13)14)5-9(11)12/h7-8H,3-6H2,1-2H3,(H,13,14)/t7-/m1/s1. The van der Waals surface area contributed by atoms with Crippen molar-refractivity contribution in [3.63, 3.8) is 0 Å². The highest BCUT2D eigenvalue weighted by atomic mass is 16.4. The molecule has 1 fully saturated rings. The molecule has 4 nitrogen and oxygen atoms in total. The third-order valence-electron chi connectivity index (χ3n) is 2.89. The molecule has 0 aromatic heterocycles. The van der Waals surface area contributed by atoms with Gasteiger partial charge in [0.25, 0.3) is 0 Å². The quantitative estimate of drug-likeness (QED) is 0.737. The fourth-order valence-electron chi connectivity index (χ4n) is 1.98. The molecule has 0 bridgehead atoms. The zero-order valence-electron chi connectivity index (χ0n) is 8.69. The van der Waals surface area contributed by atoms with Crippen LogP contribution in [0.5, 0.6) is 0 Å². The molecule has 1 atom stereocenters. The number of rotatable bonds is 4. The summed E-state index contributed by atoms with van der Waals surface area (Å²) in [5.74, 6) is -1.36. The molecule has 1 amide bonds. The maximum atomic E-state index is 11.5. The average molecular weight is 199 g/mol. The summed E-state index contributed by atoms with van der Waals surface area (Å²) in [6.07, 6.45) is 1.97. The van der Waals surface area contributed by atoms with Gasteiger partial charge in [-0.2, -0.15) is 0 Å². The van der Waals surface area contributed by atoms with Gasteiger partial charge in [-0.05, 0) is 12.8 Å². The SMILES string of the molecule is CCC(CC)N1C[C@H](C(=O)O)CC1=O. The van der Waals surface area contributed by atoms with E-state index < -0.39 is 11.9 Å². The zero-order chi connectivity index (χ0) is 10.7. The van der Waals surface area contributed by atoms with Crippen LogP contribution in [0.4, 0.5) is 0 Å². The van der Waals surface area contributed by atoms with E-state index in [-0.39, 0.29) is 18.4 Å². The number of hydrogen-bond donors (Lipinski definition) is 1. The molecule has 0 radical (unpaired) electrons. The van der Waals surface area contributed by atoms with Crippen LogP contribution in [-0.2, 0) is 9.59 Å². The van der Waals surface area contributed by atoms with Crippen LogP contribution >= 0.6 is 0 Å². The van der Waals surface area contributed by atoms with Crippen LogP contribution in [0, 0.1) is 5.92 Å². The number of nitrogens with zero attached hydrogens (tertiary/aromatic N) is 1. The Morgan fingerprint density at radius 1 is 1.57 bits per heavy atom. The highest BCUT2D eigenvalue weighted by Gasteiger charge is 2.36. The zero-order valence-corrected chi connectivity index (χ0v) is 8.69. The summed E-state index contributed by atoms with van der Waals surface area (Å²) in [7, 11) is 0. The van der Waals surface area contributed by atoms with Gasteiger partial charge < -0.3 is 10.0 Å². The summed E-state index contributed by atoms with van der Waals surface area (Å²) in [5.41, 5.74) is 0. The van der Waals surface area contributed by atoms with E-state index >= 15 is 0 Å². The summed E-state index contributed by atoms with van der Waals surface area (Å²) in [5, 5.41) is 8.80. The Kier molecular flexibility index (Phi) is 3.49. The predicted octanol–water partition coefficient (Wildman–Crippen LogP) is 1.11. The monoisotopic (exact) mass is 199 g/mol. The highest BCUT2D eigenvalue weighted by Crippen LogP contribution is 2.22. The summed E-state index contributed by atoms with van der Waals surface area (Å²) in [4.78, 5) is 23.9. The topological polar surface area (TPSA) is 57.6 Å². The van der Waals surface area contributed by atoms with E-state index in [4.69, 9.17) is 5.11 Å². The lowest BCUT2D eigenvalue weighted by Crippen LogP contribution is -2.36. The van der Waals surface area contributed by atoms with Crippen molar-refractivity contribution >= 4 is 11.9 Å². The molecule has 4 heteroatoms. The van der Waals surface area contributed by atoms with E-state index in [0.717, 1.165) is 12.8 Å². The van der Waals surface area contributed by atoms with Crippen molar-refractivity contribution in [2.24, 2.45) is 5.92 Å². The van der Waals surface area contributed by atoms with Crippen molar-refractivity contribution in [3.8, 4) is 0 Å². The second kappa shape index (κ2) is 4.44. The third-order valence-corrected chi connectivity index (χ3v) is 2.89. The number of hydrogen-bond acceptors (Lipinski definition) is 2. The molecule has 1 rings (SSSR count). The van der Waals surface area contributed by atoms with Gasteiger partial charge in [0.1, 0.15) is 0 Å². The van der Waals surface area contributed by atoms with Gasteiger partial charge in [0.15, 0.2) is 0 Å². The normalized spacial score (nSPS) is 22.1. The van der Waals surface area contributed by atoms with Crippen LogP contribution in [0.3, 0.4) is 0 Å². The molecule has 0 saturated carbocycles. The number of carbonyl (C=O) groups is 2. The van der Waals surface area contributed by atoms with Gasteiger partial charge in [0, 0.05) is 19.0 Å². The lowest BCUT2D eigenvalue weighted by molar-refractivity contribution is -0.141. The minimum atomic E-state index is -0.855. The predicted molar refractivity (Wildman–Crippen MR) is 51.8 cm³/mol. The van der Waals surface area contributed by atoms with Crippen LogP contribution in [0.25, 0.3) is 0 Å². The Balaban J connectivity index is 2.64. The van der Waals surface area contributed by atoms with Gasteiger partial charge in [0.05, 0.1) is 5.92 Å². The second-order valence-electron chi connectivity index (χ2n) is 3.76. The molecule has 1 saturated heterocycles. The number of amides is 1. The molecule has 1 N–H and O–H groups in total. The van der Waals surface area contributed by atoms with Gasteiger partial charge in [-0.15, -0.1) is 0 Å². The number of carboxylic acids is 1. The van der Waals surface area contributed by atoms with Crippen molar-refractivity contribution in [2.45, 2.75) is 39.2 Å². The summed E-state index contributed by atoms with van der Waals surface area (Å²) in [6.45, 7) is 4.44. The van der Waals surface area contributed by atoms with E-state index in [2.05, 4.69) is 0 Å². The van der Waals surface area contributed by atoms with E-state index in [1.807, 2.05) is 13.8 Å². The molecule has 80 valence electrons. The first-order valence-corrected chi connectivity index (χ1v) is 5.12. The molecule has 1 aliphatic rings. The maximum Gasteiger partial charge on any atom is 0.308 e. The van der Waals surface area contributed by atoms with Crippen molar-refractivity contribution < 1.29 is 14.7 Å². The fraction of sp³-hybridized carbons (Fsp3) is 0.800. The van der Waals surface area contributed by atoms with E-state index in [1.54, 1.807) is 4.90 Å². The first kappa shape index (κ1) is 11.0. The number of aliphatic carboxylic acids is 1. The van der Waals surface area contributed by atoms with E-state index in [0.29, 0.717) is 6.54 Å². The molecular weight excluding hydrogens is 182 g/mol. The van der Waals surface area contributed by atoms with Crippen LogP contribution in [0.15, 0.2) is 0 Å². The van der Waals surface area contributed by atoms with Crippen LogP contribution in [0.1, 0.15) is 33.1 Å². The molecular formula is C10H17NO3.